The largest absolute Gasteiger partial charge is 0.493 e. The molecule has 0 aliphatic heterocycles. The van der Waals surface area contributed by atoms with Crippen LogP contribution in [0.2, 0.25) is 0 Å². The average molecular weight is 257 g/mol. The van der Waals surface area contributed by atoms with Gasteiger partial charge in [0.2, 0.25) is 0 Å². The highest BCUT2D eigenvalue weighted by atomic mass is 16.5. The molecule has 0 bridgehead atoms. The van der Waals surface area contributed by atoms with E-state index in [0.717, 1.165) is 23.3 Å². The molecule has 0 amide bonds. The van der Waals surface area contributed by atoms with E-state index in [1.54, 1.807) is 4.68 Å². The summed E-state index contributed by atoms with van der Waals surface area (Å²) in [6.45, 7) is 2.61. The standard InChI is InChI=1S/C15H19N3O/c1-3-12(8-16)11-19-15-6-4-5-13(7-15)14-9-17-18(2)10-14/h4-10,12,16H,3,11H2,1-2H3/t12-/m0/s1. The monoisotopic (exact) mass is 257 g/mol. The van der Waals surface area contributed by atoms with Gasteiger partial charge in [-0.25, -0.2) is 0 Å². The number of hydrogen-bond donors (Lipinski definition) is 1. The summed E-state index contributed by atoms with van der Waals surface area (Å²) in [5.41, 5.74) is 2.17. The van der Waals surface area contributed by atoms with E-state index in [9.17, 15) is 0 Å². The lowest BCUT2D eigenvalue weighted by Crippen LogP contribution is -2.11. The van der Waals surface area contributed by atoms with E-state index < -0.39 is 0 Å². The molecule has 0 radical (unpaired) electrons. The van der Waals surface area contributed by atoms with E-state index in [2.05, 4.69) is 12.0 Å². The molecule has 19 heavy (non-hydrogen) atoms. The van der Waals surface area contributed by atoms with Crippen molar-refractivity contribution >= 4 is 6.21 Å². The predicted octanol–water partition coefficient (Wildman–Crippen LogP) is 3.14. The van der Waals surface area contributed by atoms with Crippen molar-refractivity contribution in [1.29, 1.82) is 5.41 Å². The Morgan fingerprint density at radius 2 is 2.26 bits per heavy atom. The van der Waals surface area contributed by atoms with Crippen LogP contribution in [0.25, 0.3) is 11.1 Å². The lowest BCUT2D eigenvalue weighted by molar-refractivity contribution is 0.283. The molecule has 2 rings (SSSR count). The summed E-state index contributed by atoms with van der Waals surface area (Å²) in [6, 6.07) is 7.96. The molecule has 0 spiro atoms. The van der Waals surface area contributed by atoms with Gasteiger partial charge in [0.25, 0.3) is 0 Å². The highest BCUT2D eigenvalue weighted by Gasteiger charge is 2.05. The molecule has 1 aromatic carbocycles. The summed E-state index contributed by atoms with van der Waals surface area (Å²) < 4.78 is 7.52. The topological polar surface area (TPSA) is 50.9 Å². The van der Waals surface area contributed by atoms with Gasteiger partial charge in [0.15, 0.2) is 0 Å². The molecule has 1 atom stereocenters. The van der Waals surface area contributed by atoms with Crippen LogP contribution in [0.5, 0.6) is 5.75 Å². The second kappa shape index (κ2) is 6.18. The van der Waals surface area contributed by atoms with Gasteiger partial charge >= 0.3 is 0 Å². The van der Waals surface area contributed by atoms with Gasteiger partial charge in [-0.15, -0.1) is 0 Å². The van der Waals surface area contributed by atoms with Crippen LogP contribution in [0.15, 0.2) is 36.7 Å². The van der Waals surface area contributed by atoms with Crippen LogP contribution >= 0.6 is 0 Å². The normalized spacial score (nSPS) is 12.1. The first-order valence-electron chi connectivity index (χ1n) is 6.45. The molecule has 1 N–H and O–H groups in total. The highest BCUT2D eigenvalue weighted by molar-refractivity contribution is 5.63. The van der Waals surface area contributed by atoms with Crippen molar-refractivity contribution in [1.82, 2.24) is 9.78 Å². The Bertz CT molecular complexity index is 548. The molecule has 1 heterocycles. The minimum absolute atomic E-state index is 0.182. The van der Waals surface area contributed by atoms with E-state index >= 15 is 0 Å². The molecule has 4 heteroatoms. The maximum absolute atomic E-state index is 7.29. The SMILES string of the molecule is CC[C@@H](C=N)COc1cccc(-c2cnn(C)c2)c1. The quantitative estimate of drug-likeness (QED) is 0.808. The van der Waals surface area contributed by atoms with Gasteiger partial charge in [0.1, 0.15) is 5.75 Å². The van der Waals surface area contributed by atoms with Crippen molar-refractivity contribution in [3.63, 3.8) is 0 Å². The molecule has 2 aromatic rings. The number of ether oxygens (including phenoxy) is 1. The maximum atomic E-state index is 7.29. The molecular weight excluding hydrogens is 238 g/mol. The zero-order valence-corrected chi connectivity index (χ0v) is 11.3. The van der Waals surface area contributed by atoms with Crippen LogP contribution in [0.1, 0.15) is 13.3 Å². The zero-order chi connectivity index (χ0) is 13.7. The van der Waals surface area contributed by atoms with Crippen molar-refractivity contribution in [2.75, 3.05) is 6.61 Å². The van der Waals surface area contributed by atoms with Crippen molar-refractivity contribution in [3.05, 3.63) is 36.7 Å². The van der Waals surface area contributed by atoms with Gasteiger partial charge in [-0.2, -0.15) is 5.10 Å². The Kier molecular flexibility index (Phi) is 4.34. The van der Waals surface area contributed by atoms with Crippen LogP contribution in [0, 0.1) is 11.3 Å². The molecule has 0 unspecified atom stereocenters. The Morgan fingerprint density at radius 3 is 2.89 bits per heavy atom. The lowest BCUT2D eigenvalue weighted by Gasteiger charge is -2.11. The fourth-order valence-electron chi connectivity index (χ4n) is 1.82. The fraction of sp³-hybridized carbons (Fsp3) is 0.333. The van der Waals surface area contributed by atoms with Crippen molar-refractivity contribution < 1.29 is 4.74 Å². The van der Waals surface area contributed by atoms with Gasteiger partial charge in [-0.3, -0.25) is 4.68 Å². The number of hydrogen-bond acceptors (Lipinski definition) is 3. The highest BCUT2D eigenvalue weighted by Crippen LogP contribution is 2.23. The second-order valence-electron chi connectivity index (χ2n) is 4.58. The first-order chi connectivity index (χ1) is 9.22. The van der Waals surface area contributed by atoms with E-state index in [1.165, 1.54) is 6.21 Å². The third-order valence-electron chi connectivity index (χ3n) is 3.10. The van der Waals surface area contributed by atoms with Crippen LogP contribution in [-0.4, -0.2) is 22.6 Å². The Morgan fingerprint density at radius 1 is 1.42 bits per heavy atom. The fourth-order valence-corrected chi connectivity index (χ4v) is 1.82. The van der Waals surface area contributed by atoms with Gasteiger partial charge in [0, 0.05) is 30.9 Å². The van der Waals surface area contributed by atoms with E-state index in [-0.39, 0.29) is 5.92 Å². The van der Waals surface area contributed by atoms with Gasteiger partial charge in [-0.1, -0.05) is 19.1 Å². The number of rotatable bonds is 6. The molecule has 0 saturated carbocycles. The Hall–Kier alpha value is -2.10. The smallest absolute Gasteiger partial charge is 0.119 e. The van der Waals surface area contributed by atoms with Gasteiger partial charge in [-0.05, 0) is 24.1 Å². The maximum Gasteiger partial charge on any atom is 0.119 e. The van der Waals surface area contributed by atoms with Gasteiger partial charge < -0.3 is 10.1 Å². The molecule has 0 fully saturated rings. The zero-order valence-electron chi connectivity index (χ0n) is 11.3. The molecule has 100 valence electrons. The van der Waals surface area contributed by atoms with E-state index in [0.29, 0.717) is 6.61 Å². The van der Waals surface area contributed by atoms with Crippen LogP contribution in [-0.2, 0) is 7.05 Å². The van der Waals surface area contributed by atoms with Crippen LogP contribution in [0.4, 0.5) is 0 Å². The number of nitrogens with one attached hydrogen (secondary N) is 1. The first-order valence-corrected chi connectivity index (χ1v) is 6.45. The number of aryl methyl sites for hydroxylation is 1. The minimum atomic E-state index is 0.182. The molecule has 0 saturated heterocycles. The summed E-state index contributed by atoms with van der Waals surface area (Å²) in [4.78, 5) is 0. The molecule has 4 nitrogen and oxygen atoms in total. The first kappa shape index (κ1) is 13.3. The molecule has 0 aliphatic carbocycles. The number of benzene rings is 1. The van der Waals surface area contributed by atoms with E-state index in [4.69, 9.17) is 10.1 Å². The summed E-state index contributed by atoms with van der Waals surface area (Å²) >= 11 is 0. The molecule has 1 aromatic heterocycles. The van der Waals surface area contributed by atoms with E-state index in [1.807, 2.05) is 43.7 Å². The minimum Gasteiger partial charge on any atom is -0.493 e. The van der Waals surface area contributed by atoms with Crippen molar-refractivity contribution in [2.45, 2.75) is 13.3 Å². The van der Waals surface area contributed by atoms with Crippen LogP contribution in [0.3, 0.4) is 0 Å². The average Bonchev–Trinajstić information content (AvgIpc) is 2.87. The lowest BCUT2D eigenvalue weighted by atomic mass is 10.1. The second-order valence-corrected chi connectivity index (χ2v) is 4.58. The number of nitrogens with zero attached hydrogens (tertiary/aromatic N) is 2. The third kappa shape index (κ3) is 3.44. The van der Waals surface area contributed by atoms with Gasteiger partial charge in [0.05, 0.1) is 12.8 Å². The summed E-state index contributed by atoms with van der Waals surface area (Å²) in [5.74, 6) is 1.02. The third-order valence-corrected chi connectivity index (χ3v) is 3.10. The summed E-state index contributed by atoms with van der Waals surface area (Å²) in [5, 5.41) is 11.5. The summed E-state index contributed by atoms with van der Waals surface area (Å²) in [6.07, 6.45) is 6.19. The molecule has 0 aliphatic rings. The Labute approximate surface area is 113 Å². The van der Waals surface area contributed by atoms with Crippen LogP contribution < -0.4 is 4.74 Å². The van der Waals surface area contributed by atoms with Crippen molar-refractivity contribution in [3.8, 4) is 16.9 Å². The summed E-state index contributed by atoms with van der Waals surface area (Å²) in [7, 11) is 1.90. The Balaban J connectivity index is 2.09. The predicted molar refractivity (Wildman–Crippen MR) is 76.7 cm³/mol. The van der Waals surface area contributed by atoms with Crippen molar-refractivity contribution in [2.24, 2.45) is 13.0 Å². The molecular formula is C15H19N3O. The number of aromatic nitrogens is 2.